The van der Waals surface area contributed by atoms with E-state index in [9.17, 15) is 9.90 Å². The quantitative estimate of drug-likeness (QED) is 0.406. The Balaban J connectivity index is 0.000000307. The number of aromatic nitrogens is 3. The van der Waals surface area contributed by atoms with Gasteiger partial charge in [0.05, 0.1) is 17.9 Å². The van der Waals surface area contributed by atoms with Gasteiger partial charge in [0.25, 0.3) is 0 Å². The first kappa shape index (κ1) is 30.2. The van der Waals surface area contributed by atoms with E-state index in [-0.39, 0.29) is 23.5 Å². The van der Waals surface area contributed by atoms with Gasteiger partial charge < -0.3 is 19.5 Å². The molecule has 8 nitrogen and oxygen atoms in total. The Hall–Kier alpha value is -1.00. The lowest BCUT2D eigenvalue weighted by atomic mass is 9.76. The van der Waals surface area contributed by atoms with Gasteiger partial charge >= 0.3 is 0 Å². The van der Waals surface area contributed by atoms with Crippen LogP contribution < -0.4 is 5.32 Å². The van der Waals surface area contributed by atoms with Gasteiger partial charge in [0.2, 0.25) is 11.6 Å². The molecular formula is C23H36ClN4O4PS2. The molecule has 12 heteroatoms. The zero-order valence-corrected chi connectivity index (χ0v) is 24.2. The molecule has 1 saturated carbocycles. The van der Waals surface area contributed by atoms with Gasteiger partial charge in [-0.1, -0.05) is 49.0 Å². The largest absolute Gasteiger partial charge is 0.387 e. The fraction of sp³-hybridized carbons (Fsp3) is 0.609. The molecule has 1 aliphatic carbocycles. The van der Waals surface area contributed by atoms with Crippen LogP contribution in [0.3, 0.4) is 0 Å². The maximum absolute atomic E-state index is 11.6. The fourth-order valence-electron chi connectivity index (χ4n) is 4.49. The Morgan fingerprint density at radius 3 is 2.51 bits per heavy atom. The minimum absolute atomic E-state index is 0.0803. The standard InChI is InChI=1S/C18H24ClN3O.C5H12NO3PS2/c1-13(2)17-8-5-15(9-14-3-6-16(19)7-4-14)18(17,23)10-22-12-20-11-21-22;1-6-5(7)4-12-10(11,8-2)9-3/h3-4,6-7,11-13,15,17,23H,5,8-10H2,1-2H3;4H2,1-3H3,(H,6,7). The van der Waals surface area contributed by atoms with Gasteiger partial charge in [-0.2, -0.15) is 5.10 Å². The minimum atomic E-state index is -2.26. The molecule has 2 N–H and O–H groups in total. The zero-order valence-electron chi connectivity index (χ0n) is 20.9. The molecule has 1 amide bonds. The van der Waals surface area contributed by atoms with Crippen molar-refractivity contribution in [2.24, 2.45) is 17.8 Å². The van der Waals surface area contributed by atoms with Crippen LogP contribution in [0.5, 0.6) is 0 Å². The number of benzene rings is 1. The van der Waals surface area contributed by atoms with Crippen molar-refractivity contribution in [3.05, 3.63) is 47.5 Å². The van der Waals surface area contributed by atoms with Crippen molar-refractivity contribution < 1.29 is 18.9 Å². The molecule has 1 aromatic carbocycles. The van der Waals surface area contributed by atoms with Crippen LogP contribution in [0.15, 0.2) is 36.9 Å². The average Bonchev–Trinajstić information content (AvgIpc) is 3.47. The molecule has 0 bridgehead atoms. The Labute approximate surface area is 222 Å². The van der Waals surface area contributed by atoms with Gasteiger partial charge in [0.15, 0.2) is 0 Å². The highest BCUT2D eigenvalue weighted by molar-refractivity contribution is 8.68. The Bertz CT molecular complexity index is 957. The number of hydrogen-bond acceptors (Lipinski definition) is 8. The minimum Gasteiger partial charge on any atom is -0.387 e. The van der Waals surface area contributed by atoms with Crippen LogP contribution in [0.25, 0.3) is 0 Å². The third-order valence-electron chi connectivity index (χ3n) is 6.34. The second-order valence-electron chi connectivity index (χ2n) is 8.80. The first-order valence-corrected chi connectivity index (χ1v) is 16.0. The van der Waals surface area contributed by atoms with Gasteiger partial charge in [-0.25, -0.2) is 4.98 Å². The molecule has 1 fully saturated rings. The molecule has 1 heterocycles. The van der Waals surface area contributed by atoms with Crippen molar-refractivity contribution in [2.75, 3.05) is 27.0 Å². The summed E-state index contributed by atoms with van der Waals surface area (Å²) in [6.07, 6.45) is 6.17. The van der Waals surface area contributed by atoms with Crippen molar-refractivity contribution in [3.63, 3.8) is 0 Å². The molecule has 0 radical (unpaired) electrons. The molecule has 2 aromatic rings. The lowest BCUT2D eigenvalue weighted by Gasteiger charge is -2.37. The summed E-state index contributed by atoms with van der Waals surface area (Å²) in [5, 5.41) is 19.0. The first-order valence-electron chi connectivity index (χ1n) is 11.4. The van der Waals surface area contributed by atoms with Crippen LogP contribution in [-0.4, -0.2) is 58.4 Å². The van der Waals surface area contributed by atoms with Crippen molar-refractivity contribution >= 4 is 46.4 Å². The predicted molar refractivity (Wildman–Crippen MR) is 146 cm³/mol. The SMILES string of the molecule is CC(C)C1CCC(Cc2ccc(Cl)cc2)C1(O)Cn1cncn1.CNC(=O)CSP(=S)(OC)OC. The third-order valence-corrected chi connectivity index (χ3v) is 12.3. The summed E-state index contributed by atoms with van der Waals surface area (Å²) in [5.41, 5.74) is -1.78. The maximum atomic E-state index is 11.6. The molecule has 35 heavy (non-hydrogen) atoms. The van der Waals surface area contributed by atoms with Gasteiger partial charge in [-0.15, -0.1) is 0 Å². The normalized spacial score (nSPS) is 22.1. The van der Waals surface area contributed by atoms with E-state index in [0.29, 0.717) is 12.5 Å². The van der Waals surface area contributed by atoms with E-state index in [0.717, 1.165) is 24.3 Å². The number of carbonyl (C=O) groups is 1. The van der Waals surface area contributed by atoms with Gasteiger partial charge in [0.1, 0.15) is 12.7 Å². The molecule has 3 atom stereocenters. The summed E-state index contributed by atoms with van der Waals surface area (Å²) in [6.45, 7) is 4.90. The average molecular weight is 563 g/mol. The number of nitrogens with one attached hydrogen (secondary N) is 1. The van der Waals surface area contributed by atoms with Crippen molar-refractivity contribution in [2.45, 2.75) is 45.3 Å². The maximum Gasteiger partial charge on any atom is 0.247 e. The van der Waals surface area contributed by atoms with Crippen LogP contribution in [0.1, 0.15) is 32.3 Å². The lowest BCUT2D eigenvalue weighted by molar-refractivity contribution is -0.118. The summed E-state index contributed by atoms with van der Waals surface area (Å²) in [6, 6.07) is 7.95. The van der Waals surface area contributed by atoms with Crippen LogP contribution in [-0.2, 0) is 38.6 Å². The predicted octanol–water partition coefficient (Wildman–Crippen LogP) is 4.57. The number of carbonyl (C=O) groups excluding carboxylic acids is 1. The van der Waals surface area contributed by atoms with E-state index in [2.05, 4.69) is 41.4 Å². The number of halogens is 1. The molecule has 0 saturated heterocycles. The third kappa shape index (κ3) is 8.81. The van der Waals surface area contributed by atoms with Crippen LogP contribution >= 0.6 is 28.7 Å². The van der Waals surface area contributed by atoms with Gasteiger partial charge in [-0.3, -0.25) is 9.48 Å². The zero-order chi connectivity index (χ0) is 26.1. The van der Waals surface area contributed by atoms with Crippen LogP contribution in [0.4, 0.5) is 0 Å². The number of hydrogen-bond donors (Lipinski definition) is 2. The molecule has 1 aromatic heterocycles. The summed E-state index contributed by atoms with van der Waals surface area (Å²) < 4.78 is 11.7. The second-order valence-corrected chi connectivity index (χ2v) is 15.8. The summed E-state index contributed by atoms with van der Waals surface area (Å²) in [5.74, 6) is 1.14. The molecule has 196 valence electrons. The smallest absolute Gasteiger partial charge is 0.247 e. The van der Waals surface area contributed by atoms with E-state index in [1.54, 1.807) is 18.1 Å². The highest BCUT2D eigenvalue weighted by Crippen LogP contribution is 2.59. The van der Waals surface area contributed by atoms with Crippen molar-refractivity contribution in [3.8, 4) is 0 Å². The molecule has 0 spiro atoms. The van der Waals surface area contributed by atoms with E-state index in [1.165, 1.54) is 37.5 Å². The number of nitrogens with zero attached hydrogens (tertiary/aromatic N) is 3. The fourth-order valence-corrected chi connectivity index (χ4v) is 7.33. The lowest BCUT2D eigenvalue weighted by Crippen LogP contribution is -2.46. The van der Waals surface area contributed by atoms with Crippen LogP contribution in [0, 0.1) is 17.8 Å². The highest BCUT2D eigenvalue weighted by Gasteiger charge is 2.50. The Morgan fingerprint density at radius 1 is 1.34 bits per heavy atom. The summed E-state index contributed by atoms with van der Waals surface area (Å²) >= 11 is 12.2. The van der Waals surface area contributed by atoms with Crippen molar-refractivity contribution in [1.82, 2.24) is 20.1 Å². The topological polar surface area (TPSA) is 98.5 Å². The molecule has 3 rings (SSSR count). The summed E-state index contributed by atoms with van der Waals surface area (Å²) in [7, 11) is 4.55. The Morgan fingerprint density at radius 2 is 2.00 bits per heavy atom. The van der Waals surface area contributed by atoms with Gasteiger partial charge in [-0.05, 0) is 66.5 Å². The Kier molecular flexibility index (Phi) is 12.2. The van der Waals surface area contributed by atoms with Gasteiger partial charge in [0, 0.05) is 26.3 Å². The van der Waals surface area contributed by atoms with E-state index < -0.39 is 11.3 Å². The van der Waals surface area contributed by atoms with E-state index in [4.69, 9.17) is 32.5 Å². The van der Waals surface area contributed by atoms with Crippen LogP contribution in [0.2, 0.25) is 5.02 Å². The molecular weight excluding hydrogens is 527 g/mol. The van der Waals surface area contributed by atoms with E-state index in [1.807, 2.05) is 12.1 Å². The number of rotatable bonds is 10. The van der Waals surface area contributed by atoms with Crippen molar-refractivity contribution in [1.29, 1.82) is 0 Å². The molecule has 3 unspecified atom stereocenters. The highest BCUT2D eigenvalue weighted by atomic mass is 35.5. The number of aliphatic hydroxyl groups is 1. The van der Waals surface area contributed by atoms with E-state index >= 15 is 0 Å². The monoisotopic (exact) mass is 562 g/mol. The first-order chi connectivity index (χ1) is 16.6. The molecule has 1 aliphatic rings. The molecule has 0 aliphatic heterocycles. The summed E-state index contributed by atoms with van der Waals surface area (Å²) in [4.78, 5) is 14.8. The second kappa shape index (κ2) is 14.1. The number of amides is 1.